The van der Waals surface area contributed by atoms with Gasteiger partial charge in [0.25, 0.3) is 0 Å². The predicted octanol–water partition coefficient (Wildman–Crippen LogP) is 14.1. The van der Waals surface area contributed by atoms with Crippen LogP contribution in [0.25, 0.3) is 104 Å². The number of hydrogen-bond donors (Lipinski definition) is 0. The molecule has 270 valence electrons. The van der Waals surface area contributed by atoms with Gasteiger partial charge >= 0.3 is 0 Å². The third-order valence-electron chi connectivity index (χ3n) is 11.0. The standard InChI is InChI=1S/C53H32N4S/c54-33-34-13-11-18-37(27-34)39-28-40(48-32-47(35-14-3-1-4-15-35)55-53(56-48)36-16-5-2-6-17-36)30-41(29-39)57-49-23-9-7-19-43(49)44-26-25-38(31-50(44)57)42-21-12-22-46-45-20-8-10-24-51(45)58-52(42)46/h1-32H. The lowest BCUT2D eigenvalue weighted by molar-refractivity contribution is 1.16. The van der Waals surface area contributed by atoms with Crippen molar-refractivity contribution in [3.05, 3.63) is 200 Å². The highest BCUT2D eigenvalue weighted by Crippen LogP contribution is 2.42. The van der Waals surface area contributed by atoms with Gasteiger partial charge in [0.05, 0.1) is 34.1 Å². The lowest BCUT2D eigenvalue weighted by atomic mass is 9.98. The summed E-state index contributed by atoms with van der Waals surface area (Å²) in [4.78, 5) is 10.3. The maximum Gasteiger partial charge on any atom is 0.160 e. The highest BCUT2D eigenvalue weighted by atomic mass is 32.1. The Morgan fingerprint density at radius 1 is 0.431 bits per heavy atom. The molecule has 0 amide bonds. The summed E-state index contributed by atoms with van der Waals surface area (Å²) in [6.07, 6.45) is 0. The summed E-state index contributed by atoms with van der Waals surface area (Å²) in [5, 5.41) is 14.9. The number of benzene rings is 8. The molecule has 4 nitrogen and oxygen atoms in total. The Bertz CT molecular complexity index is 3350. The van der Waals surface area contributed by atoms with Gasteiger partial charge in [0, 0.05) is 53.3 Å². The lowest BCUT2D eigenvalue weighted by Crippen LogP contribution is -1.99. The fourth-order valence-electron chi connectivity index (χ4n) is 8.28. The summed E-state index contributed by atoms with van der Waals surface area (Å²) in [5.74, 6) is 0.660. The molecule has 3 heterocycles. The van der Waals surface area contributed by atoms with Crippen molar-refractivity contribution < 1.29 is 0 Å². The van der Waals surface area contributed by atoms with E-state index in [1.807, 2.05) is 65.9 Å². The van der Waals surface area contributed by atoms with E-state index < -0.39 is 0 Å². The average Bonchev–Trinajstić information content (AvgIpc) is 3.85. The maximum atomic E-state index is 9.92. The zero-order valence-electron chi connectivity index (χ0n) is 31.2. The summed E-state index contributed by atoms with van der Waals surface area (Å²) < 4.78 is 4.97. The van der Waals surface area contributed by atoms with Gasteiger partial charge in [-0.05, 0) is 76.9 Å². The molecule has 0 aliphatic carbocycles. The number of para-hydroxylation sites is 1. The number of aromatic nitrogens is 3. The van der Waals surface area contributed by atoms with Crippen LogP contribution in [-0.2, 0) is 0 Å². The number of rotatable bonds is 6. The van der Waals surface area contributed by atoms with Crippen LogP contribution < -0.4 is 0 Å². The molecule has 58 heavy (non-hydrogen) atoms. The minimum atomic E-state index is 0.612. The number of nitriles is 1. The Morgan fingerprint density at radius 3 is 1.91 bits per heavy atom. The van der Waals surface area contributed by atoms with E-state index in [4.69, 9.17) is 9.97 Å². The summed E-state index contributed by atoms with van der Waals surface area (Å²) in [7, 11) is 0. The highest BCUT2D eigenvalue weighted by Gasteiger charge is 2.19. The van der Waals surface area contributed by atoms with Crippen LogP contribution in [0, 0.1) is 11.3 Å². The molecule has 0 bridgehead atoms. The average molecular weight is 757 g/mol. The Morgan fingerprint density at radius 2 is 1.09 bits per heavy atom. The van der Waals surface area contributed by atoms with Crippen molar-refractivity contribution in [2.24, 2.45) is 0 Å². The summed E-state index contributed by atoms with van der Waals surface area (Å²) >= 11 is 1.85. The quantitative estimate of drug-likeness (QED) is 0.170. The van der Waals surface area contributed by atoms with Crippen molar-refractivity contribution in [2.45, 2.75) is 0 Å². The van der Waals surface area contributed by atoms with Crippen LogP contribution in [0.4, 0.5) is 0 Å². The summed E-state index contributed by atoms with van der Waals surface area (Å²) in [6, 6.07) is 70.3. The molecule has 0 spiro atoms. The molecule has 0 saturated heterocycles. The number of hydrogen-bond acceptors (Lipinski definition) is 4. The van der Waals surface area contributed by atoms with Crippen LogP contribution in [0.3, 0.4) is 0 Å². The Kier molecular flexibility index (Phi) is 8.03. The van der Waals surface area contributed by atoms with E-state index >= 15 is 0 Å². The minimum absolute atomic E-state index is 0.612. The highest BCUT2D eigenvalue weighted by molar-refractivity contribution is 7.26. The van der Waals surface area contributed by atoms with Crippen LogP contribution in [0.5, 0.6) is 0 Å². The van der Waals surface area contributed by atoms with Gasteiger partial charge < -0.3 is 4.57 Å². The normalized spacial score (nSPS) is 11.4. The molecule has 0 N–H and O–H groups in total. The van der Waals surface area contributed by atoms with Crippen molar-refractivity contribution in [3.8, 4) is 67.9 Å². The smallest absolute Gasteiger partial charge is 0.160 e. The third kappa shape index (κ3) is 5.75. The maximum absolute atomic E-state index is 9.92. The van der Waals surface area contributed by atoms with Gasteiger partial charge in [-0.3, -0.25) is 0 Å². The van der Waals surface area contributed by atoms with E-state index in [1.54, 1.807) is 0 Å². The van der Waals surface area contributed by atoms with Gasteiger partial charge in [0.15, 0.2) is 5.82 Å². The zero-order valence-corrected chi connectivity index (χ0v) is 32.0. The Balaban J connectivity index is 1.18. The molecule has 0 radical (unpaired) electrons. The lowest BCUT2D eigenvalue weighted by Gasteiger charge is -2.15. The molecular weight excluding hydrogens is 725 g/mol. The molecule has 0 aliphatic heterocycles. The largest absolute Gasteiger partial charge is 0.309 e. The van der Waals surface area contributed by atoms with Crippen LogP contribution in [0.1, 0.15) is 5.56 Å². The first-order valence-corrected chi connectivity index (χ1v) is 20.1. The summed E-state index contributed by atoms with van der Waals surface area (Å²) in [6.45, 7) is 0. The van der Waals surface area contributed by atoms with E-state index in [-0.39, 0.29) is 0 Å². The molecule has 11 aromatic rings. The van der Waals surface area contributed by atoms with Crippen molar-refractivity contribution in [3.63, 3.8) is 0 Å². The molecule has 0 fully saturated rings. The first-order valence-electron chi connectivity index (χ1n) is 19.3. The SMILES string of the molecule is N#Cc1cccc(-c2cc(-c3cc(-c4ccccc4)nc(-c4ccccc4)n3)cc(-n3c4ccccc4c4ccc(-c5cccc6c5sc5ccccc56)cc43)c2)c1. The third-order valence-corrected chi connectivity index (χ3v) is 12.2. The van der Waals surface area contributed by atoms with Crippen molar-refractivity contribution >= 4 is 53.3 Å². The van der Waals surface area contributed by atoms with E-state index in [0.29, 0.717) is 11.4 Å². The van der Waals surface area contributed by atoms with E-state index in [2.05, 4.69) is 150 Å². The predicted molar refractivity (Wildman–Crippen MR) is 241 cm³/mol. The van der Waals surface area contributed by atoms with Crippen molar-refractivity contribution in [2.75, 3.05) is 0 Å². The Hall–Kier alpha value is -7.65. The molecule has 0 aliphatic rings. The monoisotopic (exact) mass is 756 g/mol. The summed E-state index contributed by atoms with van der Waals surface area (Å²) in [5.41, 5.74) is 12.8. The van der Waals surface area contributed by atoms with E-state index in [0.717, 1.165) is 55.9 Å². The molecule has 0 saturated carbocycles. The first kappa shape index (κ1) is 33.7. The minimum Gasteiger partial charge on any atom is -0.309 e. The van der Waals surface area contributed by atoms with Gasteiger partial charge in [-0.25, -0.2) is 9.97 Å². The molecule has 3 aromatic heterocycles. The van der Waals surface area contributed by atoms with Crippen LogP contribution >= 0.6 is 11.3 Å². The number of fused-ring (bicyclic) bond motifs is 6. The first-order chi connectivity index (χ1) is 28.7. The van der Waals surface area contributed by atoms with E-state index in [1.165, 1.54) is 42.1 Å². The topological polar surface area (TPSA) is 54.5 Å². The molecular formula is C53H32N4S. The fourth-order valence-corrected chi connectivity index (χ4v) is 9.52. The zero-order chi connectivity index (χ0) is 38.6. The van der Waals surface area contributed by atoms with Gasteiger partial charge in [-0.15, -0.1) is 11.3 Å². The van der Waals surface area contributed by atoms with Crippen molar-refractivity contribution in [1.29, 1.82) is 5.26 Å². The van der Waals surface area contributed by atoms with E-state index in [9.17, 15) is 5.26 Å². The molecule has 0 atom stereocenters. The van der Waals surface area contributed by atoms with Crippen LogP contribution in [0.2, 0.25) is 0 Å². The van der Waals surface area contributed by atoms with Gasteiger partial charge in [0.1, 0.15) is 0 Å². The van der Waals surface area contributed by atoms with Gasteiger partial charge in [-0.1, -0.05) is 140 Å². The van der Waals surface area contributed by atoms with Gasteiger partial charge in [0.2, 0.25) is 0 Å². The second-order valence-electron chi connectivity index (χ2n) is 14.5. The molecule has 11 rings (SSSR count). The van der Waals surface area contributed by atoms with Crippen LogP contribution in [0.15, 0.2) is 194 Å². The number of thiophene rings is 1. The Labute approximate surface area is 339 Å². The van der Waals surface area contributed by atoms with Crippen molar-refractivity contribution in [1.82, 2.24) is 14.5 Å². The molecule has 5 heteroatoms. The molecule has 8 aromatic carbocycles. The fraction of sp³-hybridized carbons (Fsp3) is 0. The van der Waals surface area contributed by atoms with Gasteiger partial charge in [-0.2, -0.15) is 5.26 Å². The second kappa shape index (κ2) is 13.8. The van der Waals surface area contributed by atoms with Crippen LogP contribution in [-0.4, -0.2) is 14.5 Å². The molecule has 0 unspecified atom stereocenters. The number of nitrogens with zero attached hydrogens (tertiary/aromatic N) is 4. The second-order valence-corrected chi connectivity index (χ2v) is 15.6.